The summed E-state index contributed by atoms with van der Waals surface area (Å²) in [7, 11) is -1.82. The molecule has 0 amide bonds. The van der Waals surface area contributed by atoms with Gasteiger partial charge in [-0.15, -0.1) is 0 Å². The Bertz CT molecular complexity index is 529. The topological polar surface area (TPSA) is 63.4 Å². The lowest BCUT2D eigenvalue weighted by Gasteiger charge is -2.24. The number of nitrogens with two attached hydrogens (primary N) is 1. The van der Waals surface area contributed by atoms with Crippen LogP contribution in [0, 0.1) is 6.92 Å². The predicted molar refractivity (Wildman–Crippen MR) is 81.9 cm³/mol. The molecule has 0 aliphatic carbocycles. The first kappa shape index (κ1) is 16.5. The number of hydrogen-bond acceptors (Lipinski definition) is 4. The van der Waals surface area contributed by atoms with Crippen molar-refractivity contribution in [3.63, 3.8) is 0 Å². The average molecular weight is 302 g/mol. The molecule has 0 aliphatic rings. The van der Waals surface area contributed by atoms with Crippen molar-refractivity contribution in [1.29, 1.82) is 0 Å². The number of rotatable bonds is 6. The van der Waals surface area contributed by atoms with Crippen LogP contribution in [0.2, 0.25) is 0 Å². The molecule has 0 aliphatic heterocycles. The normalized spacial score (nSPS) is 13.8. The Morgan fingerprint density at radius 2 is 2.05 bits per heavy atom. The fourth-order valence-corrected chi connectivity index (χ4v) is 3.99. The standard InChI is InChI=1S/C13H22N2O2S2/c1-10-5-6-13(7-12(10)8-14)19(16,17)15(3)11(2)9-18-4/h5-7,11H,8-9,14H2,1-4H3. The van der Waals surface area contributed by atoms with Gasteiger partial charge in [-0.05, 0) is 43.4 Å². The first-order chi connectivity index (χ1) is 8.84. The lowest BCUT2D eigenvalue weighted by atomic mass is 10.1. The third-order valence-corrected chi connectivity index (χ3v) is 6.03. The minimum Gasteiger partial charge on any atom is -0.326 e. The second-order valence-electron chi connectivity index (χ2n) is 4.62. The summed E-state index contributed by atoms with van der Waals surface area (Å²) < 4.78 is 26.4. The van der Waals surface area contributed by atoms with Crippen molar-refractivity contribution in [3.05, 3.63) is 29.3 Å². The highest BCUT2D eigenvalue weighted by Crippen LogP contribution is 2.20. The molecule has 1 unspecified atom stereocenters. The van der Waals surface area contributed by atoms with Gasteiger partial charge in [-0.1, -0.05) is 6.07 Å². The van der Waals surface area contributed by atoms with Crippen LogP contribution in [0.25, 0.3) is 0 Å². The lowest BCUT2D eigenvalue weighted by molar-refractivity contribution is 0.415. The highest BCUT2D eigenvalue weighted by atomic mass is 32.2. The van der Waals surface area contributed by atoms with Gasteiger partial charge in [0.25, 0.3) is 0 Å². The molecule has 1 aromatic carbocycles. The molecule has 0 spiro atoms. The van der Waals surface area contributed by atoms with Crippen LogP contribution >= 0.6 is 11.8 Å². The van der Waals surface area contributed by atoms with Crippen molar-refractivity contribution >= 4 is 21.8 Å². The summed E-state index contributed by atoms with van der Waals surface area (Å²) in [6.45, 7) is 4.18. The molecule has 2 N–H and O–H groups in total. The molecule has 0 saturated heterocycles. The average Bonchev–Trinajstić information content (AvgIpc) is 2.38. The summed E-state index contributed by atoms with van der Waals surface area (Å²) in [5.74, 6) is 0.769. The van der Waals surface area contributed by atoms with Gasteiger partial charge in [-0.25, -0.2) is 8.42 Å². The molecule has 0 bridgehead atoms. The van der Waals surface area contributed by atoms with Crippen LogP contribution in [0.5, 0.6) is 0 Å². The minimum absolute atomic E-state index is 0.0392. The molecule has 108 valence electrons. The van der Waals surface area contributed by atoms with Crippen molar-refractivity contribution in [2.24, 2.45) is 5.73 Å². The molecule has 4 nitrogen and oxygen atoms in total. The van der Waals surface area contributed by atoms with Gasteiger partial charge in [0.05, 0.1) is 4.90 Å². The molecule has 6 heteroatoms. The lowest BCUT2D eigenvalue weighted by Crippen LogP contribution is -2.36. The smallest absolute Gasteiger partial charge is 0.243 e. The SMILES string of the molecule is CSCC(C)N(C)S(=O)(=O)c1ccc(C)c(CN)c1. The first-order valence-corrected chi connectivity index (χ1v) is 8.94. The zero-order valence-corrected chi connectivity index (χ0v) is 13.5. The van der Waals surface area contributed by atoms with Gasteiger partial charge >= 0.3 is 0 Å². The van der Waals surface area contributed by atoms with E-state index in [0.717, 1.165) is 16.9 Å². The van der Waals surface area contributed by atoms with Crippen molar-refractivity contribution in [2.75, 3.05) is 19.1 Å². The number of benzene rings is 1. The highest BCUT2D eigenvalue weighted by Gasteiger charge is 2.25. The van der Waals surface area contributed by atoms with Crippen LogP contribution in [0.4, 0.5) is 0 Å². The summed E-state index contributed by atoms with van der Waals surface area (Å²) >= 11 is 1.63. The third kappa shape index (κ3) is 3.72. The molecule has 0 radical (unpaired) electrons. The van der Waals surface area contributed by atoms with Crippen molar-refractivity contribution in [1.82, 2.24) is 4.31 Å². The van der Waals surface area contributed by atoms with Crippen LogP contribution in [0.3, 0.4) is 0 Å². The van der Waals surface area contributed by atoms with E-state index in [0.29, 0.717) is 11.4 Å². The Morgan fingerprint density at radius 1 is 1.42 bits per heavy atom. The summed E-state index contributed by atoms with van der Waals surface area (Å²) in [6, 6.07) is 5.09. The molecule has 0 aromatic heterocycles. The molecule has 0 saturated carbocycles. The number of nitrogens with zero attached hydrogens (tertiary/aromatic N) is 1. The third-order valence-electron chi connectivity index (χ3n) is 3.25. The monoisotopic (exact) mass is 302 g/mol. The number of hydrogen-bond donors (Lipinski definition) is 1. The molecule has 19 heavy (non-hydrogen) atoms. The largest absolute Gasteiger partial charge is 0.326 e. The van der Waals surface area contributed by atoms with E-state index in [-0.39, 0.29) is 6.04 Å². The van der Waals surface area contributed by atoms with E-state index in [1.54, 1.807) is 30.9 Å². The van der Waals surface area contributed by atoms with E-state index in [9.17, 15) is 8.42 Å². The summed E-state index contributed by atoms with van der Waals surface area (Å²) in [4.78, 5) is 0.314. The van der Waals surface area contributed by atoms with Crippen molar-refractivity contribution < 1.29 is 8.42 Å². The van der Waals surface area contributed by atoms with Crippen molar-refractivity contribution in [3.8, 4) is 0 Å². The fourth-order valence-electron chi connectivity index (χ4n) is 1.78. The minimum atomic E-state index is -3.45. The maximum Gasteiger partial charge on any atom is 0.243 e. The van der Waals surface area contributed by atoms with Crippen molar-refractivity contribution in [2.45, 2.75) is 31.3 Å². The number of aryl methyl sites for hydroxylation is 1. The Hall–Kier alpha value is -0.560. The van der Waals surface area contributed by atoms with Gasteiger partial charge in [-0.2, -0.15) is 16.1 Å². The first-order valence-electron chi connectivity index (χ1n) is 6.11. The number of sulfonamides is 1. The predicted octanol–water partition coefficient (Wildman–Crippen LogP) is 1.83. The Kier molecular flexibility index (Phi) is 5.85. The van der Waals surface area contributed by atoms with Crippen LogP contribution < -0.4 is 5.73 Å². The van der Waals surface area contributed by atoms with Gasteiger partial charge in [0, 0.05) is 25.4 Å². The summed E-state index contributed by atoms with van der Waals surface area (Å²) in [5, 5.41) is 0. The van der Waals surface area contributed by atoms with E-state index < -0.39 is 10.0 Å². The zero-order chi connectivity index (χ0) is 14.6. The summed E-state index contributed by atoms with van der Waals surface area (Å²) in [5.41, 5.74) is 7.52. The van der Waals surface area contributed by atoms with E-state index in [1.807, 2.05) is 26.2 Å². The highest BCUT2D eigenvalue weighted by molar-refractivity contribution is 7.98. The van der Waals surface area contributed by atoms with E-state index >= 15 is 0 Å². The molecule has 0 heterocycles. The quantitative estimate of drug-likeness (QED) is 0.871. The Balaban J connectivity index is 3.13. The molecule has 1 atom stereocenters. The van der Waals surface area contributed by atoms with Gasteiger partial charge in [0.15, 0.2) is 0 Å². The van der Waals surface area contributed by atoms with Gasteiger partial charge in [0.2, 0.25) is 10.0 Å². The summed E-state index contributed by atoms with van der Waals surface area (Å²) in [6.07, 6.45) is 1.97. The van der Waals surface area contributed by atoms with Gasteiger partial charge < -0.3 is 5.73 Å². The van der Waals surface area contributed by atoms with Crippen LogP contribution in [0.1, 0.15) is 18.1 Å². The van der Waals surface area contributed by atoms with E-state index in [1.165, 1.54) is 4.31 Å². The Morgan fingerprint density at radius 3 is 2.58 bits per heavy atom. The van der Waals surface area contributed by atoms with Crippen LogP contribution in [-0.2, 0) is 16.6 Å². The zero-order valence-electron chi connectivity index (χ0n) is 11.9. The molecule has 1 rings (SSSR count). The number of thioether (sulfide) groups is 1. The fraction of sp³-hybridized carbons (Fsp3) is 0.538. The molecular formula is C13H22N2O2S2. The van der Waals surface area contributed by atoms with Gasteiger partial charge in [0.1, 0.15) is 0 Å². The van der Waals surface area contributed by atoms with Crippen LogP contribution in [0.15, 0.2) is 23.1 Å². The second-order valence-corrected chi connectivity index (χ2v) is 7.53. The second kappa shape index (κ2) is 6.74. The molecule has 0 fully saturated rings. The van der Waals surface area contributed by atoms with Gasteiger partial charge in [-0.3, -0.25) is 0 Å². The maximum absolute atomic E-state index is 12.5. The van der Waals surface area contributed by atoms with E-state index in [2.05, 4.69) is 0 Å². The van der Waals surface area contributed by atoms with Crippen LogP contribution in [-0.4, -0.2) is 37.8 Å². The molecular weight excluding hydrogens is 280 g/mol. The van der Waals surface area contributed by atoms with E-state index in [4.69, 9.17) is 5.73 Å². The molecule has 1 aromatic rings. The Labute approximate surface area is 120 Å². The maximum atomic E-state index is 12.5.